The molecule has 0 spiro atoms. The number of quaternary nitrogens is 1. The number of rotatable bonds is 7. The van der Waals surface area contributed by atoms with Crippen molar-refractivity contribution in [1.82, 2.24) is 15.2 Å². The summed E-state index contributed by atoms with van der Waals surface area (Å²) in [4.78, 5) is 19.3. The van der Waals surface area contributed by atoms with Gasteiger partial charge >= 0.3 is 0 Å². The third kappa shape index (κ3) is 5.56. The number of nitrogens with one attached hydrogen (secondary N) is 3. The first-order valence-electron chi connectivity index (χ1n) is 10.4. The van der Waals surface area contributed by atoms with E-state index in [1.165, 1.54) is 10.5 Å². The maximum atomic E-state index is 12.8. The highest BCUT2D eigenvalue weighted by Gasteiger charge is 2.19. The Kier molecular flexibility index (Phi) is 7.27. The highest BCUT2D eigenvalue weighted by molar-refractivity contribution is 7.80. The molecule has 1 fully saturated rings. The summed E-state index contributed by atoms with van der Waals surface area (Å²) in [5.41, 5.74) is 3.90. The number of aromatic amines is 1. The molecule has 0 saturated carbocycles. The lowest BCUT2D eigenvalue weighted by Gasteiger charge is -2.27. The third-order valence-corrected chi connectivity index (χ3v) is 6.07. The zero-order valence-electron chi connectivity index (χ0n) is 17.9. The predicted molar refractivity (Wildman–Crippen MR) is 122 cm³/mol. The van der Waals surface area contributed by atoms with Crippen LogP contribution in [0.2, 0.25) is 0 Å². The molecule has 1 atom stereocenters. The molecule has 1 aromatic heterocycles. The van der Waals surface area contributed by atoms with E-state index in [1.807, 2.05) is 13.0 Å². The molecule has 6 nitrogen and oxygen atoms in total. The van der Waals surface area contributed by atoms with Gasteiger partial charge in [0, 0.05) is 18.7 Å². The molecule has 158 valence electrons. The number of hydrogen-bond acceptors (Lipinski definition) is 3. The van der Waals surface area contributed by atoms with Crippen molar-refractivity contribution in [2.45, 2.75) is 39.3 Å². The van der Waals surface area contributed by atoms with E-state index in [0.717, 1.165) is 61.1 Å². The Morgan fingerprint density at radius 1 is 1.38 bits per heavy atom. The summed E-state index contributed by atoms with van der Waals surface area (Å²) >= 11 is 5.68. The maximum Gasteiger partial charge on any atom is 0.253 e. The van der Waals surface area contributed by atoms with Crippen LogP contribution in [-0.4, -0.2) is 61.4 Å². The van der Waals surface area contributed by atoms with Crippen LogP contribution in [0.3, 0.4) is 0 Å². The molecule has 29 heavy (non-hydrogen) atoms. The molecule has 0 aliphatic carbocycles. The summed E-state index contributed by atoms with van der Waals surface area (Å²) < 4.78 is 5.69. The first-order chi connectivity index (χ1) is 13.8. The Balaban J connectivity index is 1.78. The number of fused-ring (bicyclic) bond motifs is 1. The van der Waals surface area contributed by atoms with Crippen molar-refractivity contribution in [3.8, 4) is 0 Å². The van der Waals surface area contributed by atoms with Gasteiger partial charge in [0.05, 0.1) is 45.4 Å². The minimum Gasteiger partial charge on any atom is -0.376 e. The smallest absolute Gasteiger partial charge is 0.253 e. The second-order valence-corrected chi connectivity index (χ2v) is 8.68. The molecule has 0 amide bonds. The Hall–Kier alpha value is -1.96. The molecule has 7 heteroatoms. The van der Waals surface area contributed by atoms with Gasteiger partial charge in [0.15, 0.2) is 5.11 Å². The summed E-state index contributed by atoms with van der Waals surface area (Å²) in [6.07, 6.45) is 2.41. The minimum atomic E-state index is -0.0460. The first kappa shape index (κ1) is 21.7. The van der Waals surface area contributed by atoms with E-state index in [4.69, 9.17) is 17.0 Å². The zero-order chi connectivity index (χ0) is 21.0. The zero-order valence-corrected chi connectivity index (χ0v) is 18.7. The molecule has 3 N–H and O–H groups in total. The van der Waals surface area contributed by atoms with E-state index < -0.39 is 0 Å². The SMILES string of the molecule is Cc1ccc2cc(CN(CC[NH+](C)C)C(=S)NC[C@H]3CCCO3)c(=O)[nH]c2c1C. The molecule has 0 unspecified atom stereocenters. The van der Waals surface area contributed by atoms with E-state index >= 15 is 0 Å². The average molecular weight is 418 g/mol. The normalized spacial score (nSPS) is 16.5. The summed E-state index contributed by atoms with van der Waals surface area (Å²) in [6.45, 7) is 7.86. The lowest BCUT2D eigenvalue weighted by molar-refractivity contribution is -0.857. The van der Waals surface area contributed by atoms with E-state index in [9.17, 15) is 4.79 Å². The highest BCUT2D eigenvalue weighted by atomic mass is 32.1. The first-order valence-corrected chi connectivity index (χ1v) is 10.8. The number of ether oxygens (including phenoxy) is 1. The number of benzene rings is 1. The van der Waals surface area contributed by atoms with Gasteiger partial charge in [0.25, 0.3) is 5.56 Å². The molecule has 0 radical (unpaired) electrons. The monoisotopic (exact) mass is 417 g/mol. The largest absolute Gasteiger partial charge is 0.376 e. The average Bonchev–Trinajstić information content (AvgIpc) is 3.20. The topological polar surface area (TPSA) is 61.8 Å². The Morgan fingerprint density at radius 3 is 2.86 bits per heavy atom. The van der Waals surface area contributed by atoms with Gasteiger partial charge in [0.1, 0.15) is 0 Å². The standard InChI is InChI=1S/C22H32N4O2S/c1-15-7-8-17-12-18(21(27)24-20(17)16(15)2)14-26(10-9-25(3)4)22(29)23-13-19-6-5-11-28-19/h7-8,12,19H,5-6,9-11,13-14H2,1-4H3,(H,23,29)(H,24,27)/p+1/t19-/m1/s1. The van der Waals surface area contributed by atoms with Crippen LogP contribution >= 0.6 is 12.2 Å². The molecule has 3 rings (SSSR count). The number of pyridine rings is 1. The van der Waals surface area contributed by atoms with Gasteiger partial charge in [-0.25, -0.2) is 0 Å². The van der Waals surface area contributed by atoms with Crippen LogP contribution in [-0.2, 0) is 11.3 Å². The van der Waals surface area contributed by atoms with Crippen molar-refractivity contribution < 1.29 is 9.64 Å². The number of likely N-dealkylation sites (N-methyl/N-ethyl adjacent to an activating group) is 1. The summed E-state index contributed by atoms with van der Waals surface area (Å²) in [5, 5.41) is 5.09. The van der Waals surface area contributed by atoms with Crippen LogP contribution in [0.15, 0.2) is 23.0 Å². The van der Waals surface area contributed by atoms with Crippen LogP contribution in [0, 0.1) is 13.8 Å². The van der Waals surface area contributed by atoms with Crippen molar-refractivity contribution >= 4 is 28.2 Å². The van der Waals surface area contributed by atoms with Gasteiger partial charge in [0.2, 0.25) is 0 Å². The Bertz CT molecular complexity index is 919. The van der Waals surface area contributed by atoms with Crippen LogP contribution < -0.4 is 15.8 Å². The van der Waals surface area contributed by atoms with E-state index in [2.05, 4.69) is 48.4 Å². The number of H-pyrrole nitrogens is 1. The van der Waals surface area contributed by atoms with Gasteiger partial charge in [-0.2, -0.15) is 0 Å². The van der Waals surface area contributed by atoms with Crippen molar-refractivity contribution in [3.05, 3.63) is 45.2 Å². The fourth-order valence-corrected chi connectivity index (χ4v) is 3.86. The fourth-order valence-electron chi connectivity index (χ4n) is 3.62. The summed E-state index contributed by atoms with van der Waals surface area (Å²) in [6, 6.07) is 6.17. The van der Waals surface area contributed by atoms with Crippen molar-refractivity contribution in [3.63, 3.8) is 0 Å². The minimum absolute atomic E-state index is 0.0460. The van der Waals surface area contributed by atoms with Gasteiger partial charge in [-0.15, -0.1) is 0 Å². The molecular weight excluding hydrogens is 384 g/mol. The summed E-state index contributed by atoms with van der Waals surface area (Å²) in [5.74, 6) is 0. The molecule has 1 aromatic carbocycles. The van der Waals surface area contributed by atoms with Crippen molar-refractivity contribution in [2.75, 3.05) is 40.3 Å². The molecular formula is C22H33N4O2S+. The molecule has 1 aliphatic rings. The van der Waals surface area contributed by atoms with E-state index in [0.29, 0.717) is 11.7 Å². The number of hydrogen-bond donors (Lipinski definition) is 3. The molecule has 1 aliphatic heterocycles. The van der Waals surface area contributed by atoms with Gasteiger partial charge in [-0.1, -0.05) is 12.1 Å². The number of aromatic nitrogens is 1. The van der Waals surface area contributed by atoms with Crippen molar-refractivity contribution in [2.24, 2.45) is 0 Å². The number of nitrogens with zero attached hydrogens (tertiary/aromatic N) is 1. The molecule has 2 heterocycles. The number of aryl methyl sites for hydroxylation is 2. The lowest BCUT2D eigenvalue weighted by atomic mass is 10.0. The van der Waals surface area contributed by atoms with E-state index in [-0.39, 0.29) is 11.7 Å². The lowest BCUT2D eigenvalue weighted by Crippen LogP contribution is -3.06. The quantitative estimate of drug-likeness (QED) is 0.590. The van der Waals surface area contributed by atoms with E-state index in [1.54, 1.807) is 0 Å². The number of thiocarbonyl (C=S) groups is 1. The fraction of sp³-hybridized carbons (Fsp3) is 0.545. The Labute approximate surface area is 178 Å². The van der Waals surface area contributed by atoms with Gasteiger partial charge < -0.3 is 24.8 Å². The van der Waals surface area contributed by atoms with Crippen LogP contribution in [0.25, 0.3) is 10.9 Å². The maximum absolute atomic E-state index is 12.8. The highest BCUT2D eigenvalue weighted by Crippen LogP contribution is 2.19. The predicted octanol–water partition coefficient (Wildman–Crippen LogP) is 1.14. The van der Waals surface area contributed by atoms with Crippen molar-refractivity contribution in [1.29, 1.82) is 0 Å². The summed E-state index contributed by atoms with van der Waals surface area (Å²) in [7, 11) is 4.24. The molecule has 2 aromatic rings. The van der Waals surface area contributed by atoms with Crippen LogP contribution in [0.1, 0.15) is 29.5 Å². The Morgan fingerprint density at radius 2 is 2.17 bits per heavy atom. The second-order valence-electron chi connectivity index (χ2n) is 8.30. The molecule has 0 bridgehead atoms. The molecule has 1 saturated heterocycles. The van der Waals surface area contributed by atoms with Gasteiger partial charge in [-0.3, -0.25) is 4.79 Å². The third-order valence-electron chi connectivity index (χ3n) is 5.66. The van der Waals surface area contributed by atoms with Crippen LogP contribution in [0.5, 0.6) is 0 Å². The van der Waals surface area contributed by atoms with Crippen LogP contribution in [0.4, 0.5) is 0 Å². The second kappa shape index (κ2) is 9.69. The van der Waals surface area contributed by atoms with Gasteiger partial charge in [-0.05, 0) is 61.5 Å².